The SMILES string of the molecule is Cc1cc(F)c(N)cc1-c1cnc2cc(Cl)ncc2c1. The van der Waals surface area contributed by atoms with E-state index in [2.05, 4.69) is 9.97 Å². The van der Waals surface area contributed by atoms with Gasteiger partial charge in [-0.3, -0.25) is 4.98 Å². The first-order chi connectivity index (χ1) is 9.54. The molecule has 100 valence electrons. The van der Waals surface area contributed by atoms with Crippen molar-refractivity contribution in [3.8, 4) is 11.1 Å². The molecule has 0 fully saturated rings. The van der Waals surface area contributed by atoms with Crippen molar-refractivity contribution in [2.75, 3.05) is 5.73 Å². The van der Waals surface area contributed by atoms with Gasteiger partial charge in [-0.25, -0.2) is 9.37 Å². The number of anilines is 1. The molecule has 0 unspecified atom stereocenters. The van der Waals surface area contributed by atoms with Crippen LogP contribution in [0.2, 0.25) is 5.15 Å². The molecule has 0 saturated carbocycles. The lowest BCUT2D eigenvalue weighted by atomic mass is 10.00. The third-order valence-electron chi connectivity index (χ3n) is 3.19. The fourth-order valence-electron chi connectivity index (χ4n) is 2.15. The number of aromatic nitrogens is 2. The van der Waals surface area contributed by atoms with E-state index in [4.69, 9.17) is 17.3 Å². The van der Waals surface area contributed by atoms with Crippen molar-refractivity contribution in [2.24, 2.45) is 0 Å². The number of hydrogen-bond donors (Lipinski definition) is 1. The van der Waals surface area contributed by atoms with Crippen LogP contribution in [0.4, 0.5) is 10.1 Å². The molecule has 0 radical (unpaired) electrons. The third kappa shape index (κ3) is 2.18. The number of nitrogens with zero attached hydrogens (tertiary/aromatic N) is 2. The van der Waals surface area contributed by atoms with Crippen LogP contribution in [0.15, 0.2) is 36.7 Å². The monoisotopic (exact) mass is 287 g/mol. The fourth-order valence-corrected chi connectivity index (χ4v) is 2.30. The van der Waals surface area contributed by atoms with Crippen molar-refractivity contribution in [3.63, 3.8) is 0 Å². The molecule has 0 aliphatic rings. The normalized spacial score (nSPS) is 10.9. The Kier molecular flexibility index (Phi) is 3.03. The van der Waals surface area contributed by atoms with Gasteiger partial charge in [-0.05, 0) is 36.2 Å². The molecule has 3 nitrogen and oxygen atoms in total. The molecule has 0 spiro atoms. The van der Waals surface area contributed by atoms with Crippen molar-refractivity contribution >= 4 is 28.2 Å². The number of benzene rings is 1. The van der Waals surface area contributed by atoms with E-state index in [0.717, 1.165) is 27.6 Å². The van der Waals surface area contributed by atoms with Crippen molar-refractivity contribution < 1.29 is 4.39 Å². The summed E-state index contributed by atoms with van der Waals surface area (Å²) in [6, 6.07) is 6.68. The maximum Gasteiger partial charge on any atom is 0.146 e. The molecule has 2 aromatic heterocycles. The molecule has 0 aliphatic heterocycles. The van der Waals surface area contributed by atoms with Gasteiger partial charge in [0.25, 0.3) is 0 Å². The Morgan fingerprint density at radius 2 is 1.90 bits per heavy atom. The maximum absolute atomic E-state index is 13.4. The summed E-state index contributed by atoms with van der Waals surface area (Å²) >= 11 is 5.83. The highest BCUT2D eigenvalue weighted by Gasteiger charge is 2.08. The zero-order chi connectivity index (χ0) is 14.3. The second-order valence-electron chi connectivity index (χ2n) is 4.61. The Morgan fingerprint density at radius 3 is 2.70 bits per heavy atom. The summed E-state index contributed by atoms with van der Waals surface area (Å²) in [6.07, 6.45) is 3.38. The number of fused-ring (bicyclic) bond motifs is 1. The Balaban J connectivity index is 2.20. The zero-order valence-electron chi connectivity index (χ0n) is 10.7. The van der Waals surface area contributed by atoms with Gasteiger partial charge in [-0.2, -0.15) is 0 Å². The number of nitrogens with two attached hydrogens (primary N) is 1. The van der Waals surface area contributed by atoms with Gasteiger partial charge in [-0.15, -0.1) is 0 Å². The number of halogens is 2. The van der Waals surface area contributed by atoms with Gasteiger partial charge in [-0.1, -0.05) is 11.6 Å². The minimum Gasteiger partial charge on any atom is -0.396 e. The molecule has 0 saturated heterocycles. The van der Waals surface area contributed by atoms with Crippen molar-refractivity contribution in [2.45, 2.75) is 6.92 Å². The molecule has 0 aliphatic carbocycles. The van der Waals surface area contributed by atoms with Gasteiger partial charge in [0.05, 0.1) is 11.2 Å². The highest BCUT2D eigenvalue weighted by Crippen LogP contribution is 2.29. The average Bonchev–Trinajstić information content (AvgIpc) is 2.42. The van der Waals surface area contributed by atoms with E-state index in [1.807, 2.05) is 13.0 Å². The van der Waals surface area contributed by atoms with Gasteiger partial charge in [0.15, 0.2) is 0 Å². The summed E-state index contributed by atoms with van der Waals surface area (Å²) in [5.41, 5.74) is 9.05. The van der Waals surface area contributed by atoms with Crippen molar-refractivity contribution in [3.05, 3.63) is 53.2 Å². The molecule has 3 rings (SSSR count). The van der Waals surface area contributed by atoms with E-state index in [0.29, 0.717) is 5.15 Å². The largest absolute Gasteiger partial charge is 0.396 e. The molecule has 0 bridgehead atoms. The lowest BCUT2D eigenvalue weighted by Crippen LogP contribution is -1.94. The van der Waals surface area contributed by atoms with Crippen molar-refractivity contribution in [1.29, 1.82) is 0 Å². The Labute approximate surface area is 120 Å². The molecule has 0 amide bonds. The summed E-state index contributed by atoms with van der Waals surface area (Å²) in [7, 11) is 0. The number of hydrogen-bond acceptors (Lipinski definition) is 3. The lowest BCUT2D eigenvalue weighted by Gasteiger charge is -2.09. The van der Waals surface area contributed by atoms with Crippen LogP contribution in [0.1, 0.15) is 5.56 Å². The zero-order valence-corrected chi connectivity index (χ0v) is 11.4. The molecular weight excluding hydrogens is 277 g/mol. The summed E-state index contributed by atoms with van der Waals surface area (Å²) in [6.45, 7) is 1.84. The van der Waals surface area contributed by atoms with Crippen molar-refractivity contribution in [1.82, 2.24) is 9.97 Å². The molecular formula is C15H11ClFN3. The minimum atomic E-state index is -0.409. The first kappa shape index (κ1) is 12.8. The Hall–Kier alpha value is -2.20. The van der Waals surface area contributed by atoms with E-state index in [-0.39, 0.29) is 5.69 Å². The number of pyridine rings is 2. The number of rotatable bonds is 1. The molecule has 20 heavy (non-hydrogen) atoms. The van der Waals surface area contributed by atoms with Gasteiger partial charge >= 0.3 is 0 Å². The van der Waals surface area contributed by atoms with Gasteiger partial charge in [0.2, 0.25) is 0 Å². The number of nitrogen functional groups attached to an aromatic ring is 1. The standard InChI is InChI=1S/C15H11ClFN3/c1-8-2-12(17)13(18)4-11(8)9-3-10-7-20-15(16)5-14(10)19-6-9/h2-7H,18H2,1H3. The van der Waals surface area contributed by atoms with Gasteiger partial charge in [0, 0.05) is 29.4 Å². The summed E-state index contributed by atoms with van der Waals surface area (Å²) < 4.78 is 13.4. The second kappa shape index (κ2) is 4.72. The molecule has 2 N–H and O–H groups in total. The molecule has 0 atom stereocenters. The fraction of sp³-hybridized carbons (Fsp3) is 0.0667. The molecule has 1 aromatic carbocycles. The summed E-state index contributed by atoms with van der Waals surface area (Å²) in [4.78, 5) is 8.39. The maximum atomic E-state index is 13.4. The van der Waals surface area contributed by atoms with Crippen LogP contribution < -0.4 is 5.73 Å². The Morgan fingerprint density at radius 1 is 1.10 bits per heavy atom. The number of aryl methyl sites for hydroxylation is 1. The highest BCUT2D eigenvalue weighted by atomic mass is 35.5. The lowest BCUT2D eigenvalue weighted by molar-refractivity contribution is 0.631. The van der Waals surface area contributed by atoms with E-state index in [1.54, 1.807) is 24.5 Å². The van der Waals surface area contributed by atoms with Crippen LogP contribution in [0.3, 0.4) is 0 Å². The van der Waals surface area contributed by atoms with E-state index < -0.39 is 5.82 Å². The Bertz CT molecular complexity index is 818. The van der Waals surface area contributed by atoms with Gasteiger partial charge in [0.1, 0.15) is 11.0 Å². The van der Waals surface area contributed by atoms with E-state index in [9.17, 15) is 4.39 Å². The van der Waals surface area contributed by atoms with Crippen LogP contribution in [0.25, 0.3) is 22.0 Å². The van der Waals surface area contributed by atoms with E-state index in [1.165, 1.54) is 6.07 Å². The van der Waals surface area contributed by atoms with Crippen LogP contribution in [-0.4, -0.2) is 9.97 Å². The predicted molar refractivity (Wildman–Crippen MR) is 79.1 cm³/mol. The molecule has 5 heteroatoms. The molecule has 3 aromatic rings. The first-order valence-electron chi connectivity index (χ1n) is 6.02. The molecule has 2 heterocycles. The predicted octanol–water partition coefficient (Wildman–Crippen LogP) is 3.98. The van der Waals surface area contributed by atoms with Crippen LogP contribution in [0.5, 0.6) is 0 Å². The smallest absolute Gasteiger partial charge is 0.146 e. The minimum absolute atomic E-state index is 0.125. The third-order valence-corrected chi connectivity index (χ3v) is 3.39. The topological polar surface area (TPSA) is 51.8 Å². The van der Waals surface area contributed by atoms with Gasteiger partial charge < -0.3 is 5.73 Å². The first-order valence-corrected chi connectivity index (χ1v) is 6.39. The summed E-state index contributed by atoms with van der Waals surface area (Å²) in [5, 5.41) is 1.27. The van der Waals surface area contributed by atoms with Crippen LogP contribution in [0, 0.1) is 12.7 Å². The highest BCUT2D eigenvalue weighted by molar-refractivity contribution is 6.30. The second-order valence-corrected chi connectivity index (χ2v) is 5.00. The van der Waals surface area contributed by atoms with E-state index >= 15 is 0 Å². The quantitative estimate of drug-likeness (QED) is 0.544. The van der Waals surface area contributed by atoms with Crippen LogP contribution in [-0.2, 0) is 0 Å². The summed E-state index contributed by atoms with van der Waals surface area (Å²) in [5.74, 6) is -0.409. The van der Waals surface area contributed by atoms with Crippen LogP contribution >= 0.6 is 11.6 Å². The average molecular weight is 288 g/mol.